The van der Waals surface area contributed by atoms with Gasteiger partial charge in [-0.15, -0.1) is 0 Å². The summed E-state index contributed by atoms with van der Waals surface area (Å²) in [6.07, 6.45) is 2.13. The molecule has 0 bridgehead atoms. The van der Waals surface area contributed by atoms with E-state index >= 15 is 0 Å². The molecule has 0 spiro atoms. The molecular formula is C23H32FN3O3S. The zero-order chi connectivity index (χ0) is 22.7. The molecule has 6 nitrogen and oxygen atoms in total. The highest BCUT2D eigenvalue weighted by molar-refractivity contribution is 7.89. The highest BCUT2D eigenvalue weighted by Crippen LogP contribution is 2.16. The fraction of sp³-hybridized carbons (Fsp3) is 0.435. The van der Waals surface area contributed by atoms with Crippen LogP contribution in [0.4, 0.5) is 4.39 Å². The molecule has 0 aliphatic rings. The maximum Gasteiger partial charge on any atom is 0.191 e. The Kier molecular flexibility index (Phi) is 9.94. The third kappa shape index (κ3) is 9.06. The van der Waals surface area contributed by atoms with Crippen LogP contribution in [0.1, 0.15) is 42.5 Å². The van der Waals surface area contributed by atoms with Crippen LogP contribution in [0.25, 0.3) is 0 Å². The molecule has 2 N–H and O–H groups in total. The molecule has 2 rings (SSSR count). The Morgan fingerprint density at radius 2 is 1.77 bits per heavy atom. The van der Waals surface area contributed by atoms with E-state index in [1.54, 1.807) is 0 Å². The molecule has 0 aliphatic heterocycles. The van der Waals surface area contributed by atoms with Gasteiger partial charge < -0.3 is 15.4 Å². The van der Waals surface area contributed by atoms with Crippen molar-refractivity contribution in [1.29, 1.82) is 0 Å². The van der Waals surface area contributed by atoms with Crippen LogP contribution in [-0.4, -0.2) is 33.8 Å². The zero-order valence-electron chi connectivity index (χ0n) is 18.4. The van der Waals surface area contributed by atoms with Crippen LogP contribution in [0.15, 0.2) is 47.5 Å². The van der Waals surface area contributed by atoms with E-state index in [0.717, 1.165) is 30.4 Å². The summed E-state index contributed by atoms with van der Waals surface area (Å²) in [7, 11) is -3.24. The lowest BCUT2D eigenvalue weighted by Gasteiger charge is -2.15. The highest BCUT2D eigenvalue weighted by Gasteiger charge is 2.11. The quantitative estimate of drug-likeness (QED) is 0.312. The Balaban J connectivity index is 2.13. The Morgan fingerprint density at radius 1 is 1.03 bits per heavy atom. The molecule has 170 valence electrons. The maximum atomic E-state index is 13.8. The van der Waals surface area contributed by atoms with Crippen LogP contribution >= 0.6 is 0 Å². The molecule has 0 radical (unpaired) electrons. The standard InChI is InChI=1S/C23H32FN3O3S/c1-4-12-30-16-19-9-7-6-8-18(19)14-26-23(25-5-2)27-15-21-13-22(24)11-10-20(21)17-31(3,28)29/h6-11,13H,4-5,12,14-17H2,1-3H3,(H2,25,26,27). The van der Waals surface area contributed by atoms with Crippen molar-refractivity contribution < 1.29 is 17.5 Å². The normalized spacial score (nSPS) is 12.1. The predicted molar refractivity (Wildman–Crippen MR) is 123 cm³/mol. The average molecular weight is 450 g/mol. The van der Waals surface area contributed by atoms with Crippen LogP contribution in [0.2, 0.25) is 0 Å². The Morgan fingerprint density at radius 3 is 2.45 bits per heavy atom. The number of sulfone groups is 1. The van der Waals surface area contributed by atoms with Gasteiger partial charge in [-0.25, -0.2) is 17.8 Å². The first kappa shape index (κ1) is 24.8. The van der Waals surface area contributed by atoms with Crippen molar-refractivity contribution in [2.75, 3.05) is 19.4 Å². The monoisotopic (exact) mass is 449 g/mol. The van der Waals surface area contributed by atoms with Crippen molar-refractivity contribution in [2.24, 2.45) is 4.99 Å². The second kappa shape index (κ2) is 12.4. The van der Waals surface area contributed by atoms with Gasteiger partial charge in [-0.2, -0.15) is 0 Å². The summed E-state index contributed by atoms with van der Waals surface area (Å²) in [4.78, 5) is 4.54. The lowest BCUT2D eigenvalue weighted by atomic mass is 10.1. The number of ether oxygens (including phenoxy) is 1. The molecule has 0 saturated carbocycles. The van der Waals surface area contributed by atoms with Gasteiger partial charge in [0.15, 0.2) is 15.8 Å². The van der Waals surface area contributed by atoms with E-state index in [1.807, 2.05) is 31.2 Å². The largest absolute Gasteiger partial charge is 0.377 e. The second-order valence-corrected chi connectivity index (χ2v) is 9.49. The zero-order valence-corrected chi connectivity index (χ0v) is 19.3. The molecule has 8 heteroatoms. The molecule has 0 fully saturated rings. The van der Waals surface area contributed by atoms with Crippen molar-refractivity contribution in [3.05, 3.63) is 70.5 Å². The van der Waals surface area contributed by atoms with Crippen molar-refractivity contribution in [3.8, 4) is 0 Å². The number of hydrogen-bond donors (Lipinski definition) is 2. The third-order valence-electron chi connectivity index (χ3n) is 4.51. The summed E-state index contributed by atoms with van der Waals surface area (Å²) >= 11 is 0. The topological polar surface area (TPSA) is 79.8 Å². The molecule has 31 heavy (non-hydrogen) atoms. The molecule has 0 aromatic heterocycles. The van der Waals surface area contributed by atoms with Crippen molar-refractivity contribution >= 4 is 15.8 Å². The lowest BCUT2D eigenvalue weighted by molar-refractivity contribution is 0.121. The summed E-state index contributed by atoms with van der Waals surface area (Å²) in [6.45, 7) is 6.68. The summed E-state index contributed by atoms with van der Waals surface area (Å²) in [6, 6.07) is 12.2. The fourth-order valence-corrected chi connectivity index (χ4v) is 3.89. The first-order valence-corrected chi connectivity index (χ1v) is 12.5. The smallest absolute Gasteiger partial charge is 0.191 e. The van der Waals surface area contributed by atoms with Crippen LogP contribution < -0.4 is 10.6 Å². The Hall–Kier alpha value is -2.45. The number of rotatable bonds is 11. The van der Waals surface area contributed by atoms with Crippen LogP contribution in [0.5, 0.6) is 0 Å². The Labute approximate surface area is 184 Å². The van der Waals surface area contributed by atoms with Gasteiger partial charge in [-0.3, -0.25) is 0 Å². The number of halogens is 1. The molecule has 0 amide bonds. The van der Waals surface area contributed by atoms with Gasteiger partial charge in [0.2, 0.25) is 0 Å². The Bertz CT molecular complexity index is 978. The van der Waals surface area contributed by atoms with E-state index in [9.17, 15) is 12.8 Å². The van der Waals surface area contributed by atoms with Gasteiger partial charge in [0, 0.05) is 26.0 Å². The van der Waals surface area contributed by atoms with Gasteiger partial charge in [-0.1, -0.05) is 37.3 Å². The predicted octanol–water partition coefficient (Wildman–Crippen LogP) is 3.55. The first-order valence-electron chi connectivity index (χ1n) is 10.4. The van der Waals surface area contributed by atoms with Crippen molar-refractivity contribution in [1.82, 2.24) is 10.6 Å². The van der Waals surface area contributed by atoms with Gasteiger partial charge in [0.05, 0.1) is 18.9 Å². The van der Waals surface area contributed by atoms with E-state index in [2.05, 4.69) is 22.5 Å². The number of nitrogens with zero attached hydrogens (tertiary/aromatic N) is 1. The van der Waals surface area contributed by atoms with Gasteiger partial charge in [-0.05, 0) is 47.7 Å². The van der Waals surface area contributed by atoms with E-state index in [1.165, 1.54) is 18.2 Å². The summed E-state index contributed by atoms with van der Waals surface area (Å²) < 4.78 is 42.8. The average Bonchev–Trinajstić information content (AvgIpc) is 2.72. The molecular weight excluding hydrogens is 417 g/mol. The minimum absolute atomic E-state index is 0.146. The number of benzene rings is 2. The summed E-state index contributed by atoms with van der Waals surface area (Å²) in [5, 5.41) is 6.46. The van der Waals surface area contributed by atoms with E-state index in [-0.39, 0.29) is 12.3 Å². The van der Waals surface area contributed by atoms with Crippen LogP contribution in [-0.2, 0) is 40.0 Å². The van der Waals surface area contributed by atoms with Gasteiger partial charge in [0.1, 0.15) is 5.82 Å². The van der Waals surface area contributed by atoms with E-state index in [4.69, 9.17) is 4.74 Å². The number of aliphatic imine (C=N–C) groups is 1. The molecule has 2 aromatic carbocycles. The maximum absolute atomic E-state index is 13.8. The second-order valence-electron chi connectivity index (χ2n) is 7.35. The molecule has 0 aliphatic carbocycles. The molecule has 0 heterocycles. The number of hydrogen-bond acceptors (Lipinski definition) is 4. The highest BCUT2D eigenvalue weighted by atomic mass is 32.2. The molecule has 2 aromatic rings. The van der Waals surface area contributed by atoms with E-state index in [0.29, 0.717) is 36.8 Å². The van der Waals surface area contributed by atoms with Crippen LogP contribution in [0.3, 0.4) is 0 Å². The summed E-state index contributed by atoms with van der Waals surface area (Å²) in [5.41, 5.74) is 3.32. The molecule has 0 unspecified atom stereocenters. The lowest BCUT2D eigenvalue weighted by Crippen LogP contribution is -2.37. The van der Waals surface area contributed by atoms with Gasteiger partial charge in [0.25, 0.3) is 0 Å². The van der Waals surface area contributed by atoms with Crippen molar-refractivity contribution in [3.63, 3.8) is 0 Å². The van der Waals surface area contributed by atoms with Gasteiger partial charge >= 0.3 is 0 Å². The van der Waals surface area contributed by atoms with E-state index < -0.39 is 15.7 Å². The molecule has 0 atom stereocenters. The SMILES string of the molecule is CCCOCc1ccccc1CNC(=NCc1cc(F)ccc1CS(C)(=O)=O)NCC. The summed E-state index contributed by atoms with van der Waals surface area (Å²) in [5.74, 6) is 0.00974. The van der Waals surface area contributed by atoms with Crippen molar-refractivity contribution in [2.45, 2.75) is 45.7 Å². The first-order chi connectivity index (χ1) is 14.8. The third-order valence-corrected chi connectivity index (χ3v) is 5.34. The number of guanidine groups is 1. The van der Waals surface area contributed by atoms with Crippen LogP contribution in [0, 0.1) is 5.82 Å². The molecule has 0 saturated heterocycles. The fourth-order valence-electron chi connectivity index (χ4n) is 3.05. The minimum Gasteiger partial charge on any atom is -0.377 e. The number of nitrogens with one attached hydrogen (secondary N) is 2. The minimum atomic E-state index is -3.24.